The molecule has 0 spiro atoms. The maximum atomic E-state index is 11.7. The molecule has 5 nitrogen and oxygen atoms in total. The lowest BCUT2D eigenvalue weighted by molar-refractivity contribution is -0.139. The van der Waals surface area contributed by atoms with Crippen molar-refractivity contribution in [2.24, 2.45) is 0 Å². The predicted molar refractivity (Wildman–Crippen MR) is 99.2 cm³/mol. The fraction of sp³-hybridized carbons (Fsp3) is 0.190. The van der Waals surface area contributed by atoms with E-state index in [1.807, 2.05) is 48.5 Å². The summed E-state index contributed by atoms with van der Waals surface area (Å²) in [6.07, 6.45) is 5.66. The Bertz CT molecular complexity index is 998. The fourth-order valence-electron chi connectivity index (χ4n) is 3.54. The molecule has 1 aliphatic heterocycles. The maximum absolute atomic E-state index is 11.7. The van der Waals surface area contributed by atoms with Crippen LogP contribution in [0.4, 0.5) is 0 Å². The van der Waals surface area contributed by atoms with Crippen molar-refractivity contribution in [3.63, 3.8) is 0 Å². The number of rotatable bonds is 4. The number of carbonyl (C=O) groups is 1. The summed E-state index contributed by atoms with van der Waals surface area (Å²) in [6.45, 7) is 0.217. The SMILES string of the molecule is C#CCOc1ccc([C@@H]2N[C@@H](C(=O)O)Cc3c2[nH]c2ccccc32)cc1. The van der Waals surface area contributed by atoms with Crippen molar-refractivity contribution in [1.82, 2.24) is 10.3 Å². The van der Waals surface area contributed by atoms with Crippen molar-refractivity contribution in [2.45, 2.75) is 18.5 Å². The molecular formula is C21H18N2O3. The molecule has 0 bridgehead atoms. The molecule has 3 aromatic rings. The minimum absolute atomic E-state index is 0.217. The highest BCUT2D eigenvalue weighted by molar-refractivity contribution is 5.87. The van der Waals surface area contributed by atoms with Gasteiger partial charge in [-0.1, -0.05) is 36.3 Å². The van der Waals surface area contributed by atoms with Crippen LogP contribution in [0, 0.1) is 12.3 Å². The smallest absolute Gasteiger partial charge is 0.321 e. The number of aromatic nitrogens is 1. The van der Waals surface area contributed by atoms with Gasteiger partial charge < -0.3 is 14.8 Å². The third kappa shape index (κ3) is 2.81. The Hall–Kier alpha value is -3.23. The lowest BCUT2D eigenvalue weighted by atomic mass is 9.90. The summed E-state index contributed by atoms with van der Waals surface area (Å²) in [5, 5.41) is 13.9. The third-order valence-electron chi connectivity index (χ3n) is 4.75. The number of fused-ring (bicyclic) bond motifs is 3. The van der Waals surface area contributed by atoms with Gasteiger partial charge in [0.25, 0.3) is 0 Å². The van der Waals surface area contributed by atoms with E-state index in [0.29, 0.717) is 12.2 Å². The minimum Gasteiger partial charge on any atom is -0.481 e. The molecule has 0 radical (unpaired) electrons. The molecule has 0 unspecified atom stereocenters. The Morgan fingerprint density at radius 1 is 1.23 bits per heavy atom. The highest BCUT2D eigenvalue weighted by atomic mass is 16.5. The van der Waals surface area contributed by atoms with Gasteiger partial charge in [0.05, 0.1) is 6.04 Å². The number of carboxylic acid groups (broad SMARTS) is 1. The average molecular weight is 346 g/mol. The van der Waals surface area contributed by atoms with Crippen molar-refractivity contribution < 1.29 is 14.6 Å². The first-order valence-electron chi connectivity index (χ1n) is 8.42. The molecule has 5 heteroatoms. The van der Waals surface area contributed by atoms with Crippen molar-refractivity contribution in [3.05, 3.63) is 65.4 Å². The second kappa shape index (κ2) is 6.58. The monoisotopic (exact) mass is 346 g/mol. The summed E-state index contributed by atoms with van der Waals surface area (Å²) in [7, 11) is 0. The van der Waals surface area contributed by atoms with E-state index in [4.69, 9.17) is 11.2 Å². The summed E-state index contributed by atoms with van der Waals surface area (Å²) in [4.78, 5) is 15.1. The number of aliphatic carboxylic acids is 1. The van der Waals surface area contributed by atoms with Crippen LogP contribution in [0.3, 0.4) is 0 Å². The molecular weight excluding hydrogens is 328 g/mol. The van der Waals surface area contributed by atoms with E-state index in [1.54, 1.807) is 0 Å². The number of ether oxygens (including phenoxy) is 1. The van der Waals surface area contributed by atoms with Crippen LogP contribution in [-0.2, 0) is 11.2 Å². The number of benzene rings is 2. The minimum atomic E-state index is -0.847. The number of nitrogens with one attached hydrogen (secondary N) is 2. The van der Waals surface area contributed by atoms with E-state index >= 15 is 0 Å². The lowest BCUT2D eigenvalue weighted by Crippen LogP contribution is -2.44. The van der Waals surface area contributed by atoms with Gasteiger partial charge in [0.15, 0.2) is 0 Å². The molecule has 0 fully saturated rings. The third-order valence-corrected chi connectivity index (χ3v) is 4.75. The Balaban J connectivity index is 1.76. The molecule has 26 heavy (non-hydrogen) atoms. The van der Waals surface area contributed by atoms with Gasteiger partial charge in [0.1, 0.15) is 18.4 Å². The molecule has 1 aromatic heterocycles. The van der Waals surface area contributed by atoms with E-state index in [9.17, 15) is 9.90 Å². The Morgan fingerprint density at radius 3 is 2.73 bits per heavy atom. The molecule has 0 aliphatic carbocycles. The Kier molecular flexibility index (Phi) is 4.11. The molecule has 4 rings (SSSR count). The molecule has 0 saturated carbocycles. The van der Waals surface area contributed by atoms with E-state index in [0.717, 1.165) is 27.7 Å². The molecule has 1 aliphatic rings. The van der Waals surface area contributed by atoms with E-state index < -0.39 is 12.0 Å². The summed E-state index contributed by atoms with van der Waals surface area (Å²) < 4.78 is 5.42. The normalized spacial score (nSPS) is 18.9. The number of carboxylic acids is 1. The van der Waals surface area contributed by atoms with Gasteiger partial charge in [-0.05, 0) is 29.3 Å². The van der Waals surface area contributed by atoms with Crippen LogP contribution in [0.5, 0.6) is 5.75 Å². The van der Waals surface area contributed by atoms with Crippen LogP contribution in [-0.4, -0.2) is 28.7 Å². The molecule has 130 valence electrons. The first kappa shape index (κ1) is 16.2. The van der Waals surface area contributed by atoms with Gasteiger partial charge in [-0.25, -0.2) is 0 Å². The Morgan fingerprint density at radius 2 is 2.00 bits per heavy atom. The molecule has 0 saturated heterocycles. The second-order valence-corrected chi connectivity index (χ2v) is 6.32. The fourth-order valence-corrected chi connectivity index (χ4v) is 3.54. The summed E-state index contributed by atoms with van der Waals surface area (Å²) in [6, 6.07) is 14.7. The maximum Gasteiger partial charge on any atom is 0.321 e. The van der Waals surface area contributed by atoms with Crippen molar-refractivity contribution in [1.29, 1.82) is 0 Å². The number of para-hydroxylation sites is 1. The molecule has 3 N–H and O–H groups in total. The lowest BCUT2D eigenvalue weighted by Gasteiger charge is -2.29. The van der Waals surface area contributed by atoms with E-state index in [2.05, 4.69) is 16.2 Å². The summed E-state index contributed by atoms with van der Waals surface area (Å²) >= 11 is 0. The average Bonchev–Trinajstić information content (AvgIpc) is 3.04. The quantitative estimate of drug-likeness (QED) is 0.635. The number of terminal acetylenes is 1. The van der Waals surface area contributed by atoms with Crippen LogP contribution in [0.25, 0.3) is 10.9 Å². The zero-order chi connectivity index (χ0) is 18.1. The standard InChI is InChI=1S/C21H18N2O3/c1-2-11-26-14-9-7-13(8-10-14)19-20-16(12-18(23-19)21(24)25)15-5-3-4-6-17(15)22-20/h1,3-10,18-19,22-23H,11-12H2,(H,24,25)/t18-,19+/m1/s1. The zero-order valence-corrected chi connectivity index (χ0v) is 14.0. The zero-order valence-electron chi connectivity index (χ0n) is 14.0. The summed E-state index contributed by atoms with van der Waals surface area (Å²) in [5.41, 5.74) is 4.06. The van der Waals surface area contributed by atoms with Gasteiger partial charge in [0.2, 0.25) is 0 Å². The van der Waals surface area contributed by atoms with E-state index in [-0.39, 0.29) is 12.6 Å². The van der Waals surface area contributed by atoms with Gasteiger partial charge in [0, 0.05) is 23.0 Å². The first-order valence-corrected chi connectivity index (χ1v) is 8.42. The predicted octanol–water partition coefficient (Wildman–Crippen LogP) is 2.87. The largest absolute Gasteiger partial charge is 0.481 e. The van der Waals surface area contributed by atoms with Crippen molar-refractivity contribution in [3.8, 4) is 18.1 Å². The highest BCUT2D eigenvalue weighted by Crippen LogP contribution is 2.35. The van der Waals surface area contributed by atoms with Gasteiger partial charge in [-0.2, -0.15) is 0 Å². The topological polar surface area (TPSA) is 74.3 Å². The Labute approximate surface area is 151 Å². The molecule has 2 atom stereocenters. The van der Waals surface area contributed by atoms with Crippen molar-refractivity contribution in [2.75, 3.05) is 6.61 Å². The van der Waals surface area contributed by atoms with Gasteiger partial charge >= 0.3 is 5.97 Å². The van der Waals surface area contributed by atoms with Crippen molar-refractivity contribution >= 4 is 16.9 Å². The molecule has 2 heterocycles. The van der Waals surface area contributed by atoms with Crippen LogP contribution in [0.15, 0.2) is 48.5 Å². The molecule has 2 aromatic carbocycles. The first-order chi connectivity index (χ1) is 12.7. The van der Waals surface area contributed by atoms with Crippen LogP contribution in [0.2, 0.25) is 0 Å². The number of hydrogen-bond acceptors (Lipinski definition) is 3. The second-order valence-electron chi connectivity index (χ2n) is 6.32. The van der Waals surface area contributed by atoms with Gasteiger partial charge in [-0.3, -0.25) is 10.1 Å². The number of H-pyrrole nitrogens is 1. The highest BCUT2D eigenvalue weighted by Gasteiger charge is 2.33. The van der Waals surface area contributed by atoms with Crippen LogP contribution in [0.1, 0.15) is 22.9 Å². The van der Waals surface area contributed by atoms with Gasteiger partial charge in [-0.15, -0.1) is 6.42 Å². The van der Waals surface area contributed by atoms with Crippen LogP contribution >= 0.6 is 0 Å². The van der Waals surface area contributed by atoms with E-state index in [1.165, 1.54) is 0 Å². The summed E-state index contributed by atoms with van der Waals surface area (Å²) in [5.74, 6) is 2.28. The van der Waals surface area contributed by atoms with Crippen LogP contribution < -0.4 is 10.1 Å². The number of aromatic amines is 1. The number of hydrogen-bond donors (Lipinski definition) is 3. The molecule has 0 amide bonds.